The molecule has 4 aromatic rings. The van der Waals surface area contributed by atoms with Crippen molar-refractivity contribution in [3.05, 3.63) is 76.7 Å². The number of nitrogen functional groups attached to an aromatic ring is 1. The number of aromatic nitrogens is 4. The van der Waals surface area contributed by atoms with E-state index >= 15 is 0 Å². The van der Waals surface area contributed by atoms with Crippen LogP contribution in [-0.2, 0) is 30.5 Å². The summed E-state index contributed by atoms with van der Waals surface area (Å²) in [6.07, 6.45) is -1.07. The van der Waals surface area contributed by atoms with Crippen LogP contribution in [0.15, 0.2) is 48.8 Å². The Kier molecular flexibility index (Phi) is 5.99. The molecule has 1 aliphatic rings. The summed E-state index contributed by atoms with van der Waals surface area (Å²) in [5.74, 6) is -0.0906. The Morgan fingerprint density at radius 3 is 2.64 bits per heavy atom. The Morgan fingerprint density at radius 2 is 1.92 bits per heavy atom. The first-order valence-corrected chi connectivity index (χ1v) is 11.9. The number of anilines is 1. The van der Waals surface area contributed by atoms with E-state index in [0.717, 1.165) is 28.8 Å². The molecular weight excluding hydrogens is 493 g/mol. The van der Waals surface area contributed by atoms with Crippen molar-refractivity contribution in [1.82, 2.24) is 24.6 Å². The van der Waals surface area contributed by atoms with Crippen LogP contribution in [0, 0.1) is 6.92 Å². The SMILES string of the molecule is Cc1ccc(Cn2ncc3cc(CC4SC(=O)N(Cc5cnc(N)[nH]5)C4=O)ccc32)c(C(F)(F)F)c1. The molecule has 1 aliphatic heterocycles. The number of aromatic amines is 1. The van der Waals surface area contributed by atoms with E-state index in [2.05, 4.69) is 15.1 Å². The molecule has 1 unspecified atom stereocenters. The second kappa shape index (κ2) is 9.01. The molecule has 5 rings (SSSR count). The van der Waals surface area contributed by atoms with E-state index in [9.17, 15) is 22.8 Å². The van der Waals surface area contributed by atoms with Gasteiger partial charge in [0.15, 0.2) is 5.95 Å². The Labute approximate surface area is 207 Å². The van der Waals surface area contributed by atoms with Gasteiger partial charge < -0.3 is 10.7 Å². The average molecular weight is 515 g/mol. The van der Waals surface area contributed by atoms with Gasteiger partial charge >= 0.3 is 6.18 Å². The highest BCUT2D eigenvalue weighted by atomic mass is 32.2. The summed E-state index contributed by atoms with van der Waals surface area (Å²) in [4.78, 5) is 33.1. The van der Waals surface area contributed by atoms with Crippen molar-refractivity contribution in [2.45, 2.75) is 37.9 Å². The number of fused-ring (bicyclic) bond motifs is 1. The number of rotatable bonds is 6. The number of imidazole rings is 1. The molecule has 36 heavy (non-hydrogen) atoms. The lowest BCUT2D eigenvalue weighted by Gasteiger charge is -2.14. The summed E-state index contributed by atoms with van der Waals surface area (Å²) < 4.78 is 42.1. The Bertz CT molecular complexity index is 1480. The van der Waals surface area contributed by atoms with Gasteiger partial charge in [-0.1, -0.05) is 35.5 Å². The topological polar surface area (TPSA) is 110 Å². The number of nitrogens with zero attached hydrogens (tertiary/aromatic N) is 4. The van der Waals surface area contributed by atoms with Crippen LogP contribution in [0.2, 0.25) is 0 Å². The molecule has 12 heteroatoms. The number of benzene rings is 2. The zero-order chi connectivity index (χ0) is 25.6. The summed E-state index contributed by atoms with van der Waals surface area (Å²) in [6.45, 7) is 1.66. The number of halogens is 3. The molecular formula is C24H21F3N6O2S. The van der Waals surface area contributed by atoms with Crippen molar-refractivity contribution >= 4 is 39.8 Å². The van der Waals surface area contributed by atoms with Crippen molar-refractivity contribution in [3.63, 3.8) is 0 Å². The van der Waals surface area contributed by atoms with Gasteiger partial charge in [0.05, 0.1) is 47.5 Å². The number of nitrogens with two attached hydrogens (primary N) is 1. The number of H-pyrrole nitrogens is 1. The summed E-state index contributed by atoms with van der Waals surface area (Å²) in [5.41, 5.74) is 7.60. The van der Waals surface area contributed by atoms with Gasteiger partial charge in [0.1, 0.15) is 0 Å². The molecule has 0 bridgehead atoms. The van der Waals surface area contributed by atoms with Gasteiger partial charge in [-0.05, 0) is 42.7 Å². The lowest BCUT2D eigenvalue weighted by molar-refractivity contribution is -0.138. The monoisotopic (exact) mass is 514 g/mol. The summed E-state index contributed by atoms with van der Waals surface area (Å²) in [7, 11) is 0. The van der Waals surface area contributed by atoms with E-state index in [1.807, 2.05) is 6.07 Å². The van der Waals surface area contributed by atoms with Crippen LogP contribution >= 0.6 is 11.8 Å². The highest BCUT2D eigenvalue weighted by Crippen LogP contribution is 2.34. The lowest BCUT2D eigenvalue weighted by Crippen LogP contribution is -2.31. The number of hydrogen-bond donors (Lipinski definition) is 2. The number of amides is 2. The average Bonchev–Trinajstić information content (AvgIpc) is 3.48. The molecule has 186 valence electrons. The quantitative estimate of drug-likeness (QED) is 0.392. The third-order valence-electron chi connectivity index (χ3n) is 6.00. The predicted octanol–water partition coefficient (Wildman–Crippen LogP) is 4.52. The fraction of sp³-hybridized carbons (Fsp3) is 0.250. The Hall–Kier alpha value is -3.80. The largest absolute Gasteiger partial charge is 0.416 e. The molecule has 0 saturated carbocycles. The number of carbonyl (C=O) groups excluding carboxylic acids is 2. The van der Waals surface area contributed by atoms with E-state index in [1.54, 1.807) is 31.3 Å². The molecule has 0 radical (unpaired) electrons. The number of carbonyl (C=O) groups is 2. The van der Waals surface area contributed by atoms with Crippen molar-refractivity contribution in [1.29, 1.82) is 0 Å². The molecule has 2 aromatic carbocycles. The van der Waals surface area contributed by atoms with E-state index in [0.29, 0.717) is 23.2 Å². The standard InChI is InChI=1S/C24H21F3N6O2S/c1-13-2-4-15(18(6-13)24(25,26)27)11-33-19-5-3-14(7-16(19)9-30-33)8-20-21(34)32(23(35)36-20)12-17-10-29-22(28)31-17/h2-7,9-10,20H,8,11-12H2,1H3,(H3,28,29,31). The molecule has 2 amide bonds. The smallest absolute Gasteiger partial charge is 0.369 e. The first kappa shape index (κ1) is 23.9. The van der Waals surface area contributed by atoms with E-state index < -0.39 is 17.0 Å². The fourth-order valence-corrected chi connectivity index (χ4v) is 5.28. The highest BCUT2D eigenvalue weighted by Gasteiger charge is 2.39. The molecule has 1 atom stereocenters. The van der Waals surface area contributed by atoms with Gasteiger partial charge in [-0.3, -0.25) is 19.2 Å². The number of imide groups is 1. The minimum absolute atomic E-state index is 0.0312. The van der Waals surface area contributed by atoms with Crippen LogP contribution < -0.4 is 5.73 Å². The first-order chi connectivity index (χ1) is 17.1. The van der Waals surface area contributed by atoms with Gasteiger partial charge in [0, 0.05) is 5.39 Å². The zero-order valence-corrected chi connectivity index (χ0v) is 19.9. The maximum atomic E-state index is 13.5. The summed E-state index contributed by atoms with van der Waals surface area (Å²) in [5, 5.41) is 4.11. The van der Waals surface area contributed by atoms with Crippen LogP contribution in [-0.4, -0.2) is 41.0 Å². The third kappa shape index (κ3) is 4.68. The normalized spacial score (nSPS) is 16.4. The zero-order valence-electron chi connectivity index (χ0n) is 19.0. The van der Waals surface area contributed by atoms with Gasteiger partial charge in [-0.15, -0.1) is 0 Å². The van der Waals surface area contributed by atoms with Crippen molar-refractivity contribution in [2.24, 2.45) is 0 Å². The van der Waals surface area contributed by atoms with Crippen LogP contribution in [0.4, 0.5) is 23.9 Å². The van der Waals surface area contributed by atoms with Gasteiger partial charge in [-0.25, -0.2) is 4.98 Å². The molecule has 3 heterocycles. The molecule has 0 aliphatic carbocycles. The van der Waals surface area contributed by atoms with Crippen molar-refractivity contribution in [3.8, 4) is 0 Å². The number of hydrogen-bond acceptors (Lipinski definition) is 6. The fourth-order valence-electron chi connectivity index (χ4n) is 4.26. The molecule has 0 spiro atoms. The first-order valence-electron chi connectivity index (χ1n) is 11.0. The highest BCUT2D eigenvalue weighted by molar-refractivity contribution is 8.15. The van der Waals surface area contributed by atoms with Crippen LogP contribution in [0.25, 0.3) is 10.9 Å². The third-order valence-corrected chi connectivity index (χ3v) is 7.07. The minimum Gasteiger partial charge on any atom is -0.369 e. The van der Waals surface area contributed by atoms with Crippen molar-refractivity contribution in [2.75, 3.05) is 5.73 Å². The van der Waals surface area contributed by atoms with E-state index in [-0.39, 0.29) is 35.7 Å². The van der Waals surface area contributed by atoms with Gasteiger partial charge in [-0.2, -0.15) is 18.3 Å². The number of nitrogens with one attached hydrogen (secondary N) is 1. The van der Waals surface area contributed by atoms with Gasteiger partial charge in [0.25, 0.3) is 5.24 Å². The Morgan fingerprint density at radius 1 is 1.11 bits per heavy atom. The van der Waals surface area contributed by atoms with Gasteiger partial charge in [0.2, 0.25) is 5.91 Å². The molecule has 2 aromatic heterocycles. The van der Waals surface area contributed by atoms with Crippen molar-refractivity contribution < 1.29 is 22.8 Å². The van der Waals surface area contributed by atoms with E-state index in [4.69, 9.17) is 5.73 Å². The summed E-state index contributed by atoms with van der Waals surface area (Å²) in [6, 6.07) is 9.68. The molecule has 8 nitrogen and oxygen atoms in total. The van der Waals surface area contributed by atoms with Crippen LogP contribution in [0.5, 0.6) is 0 Å². The second-order valence-corrected chi connectivity index (χ2v) is 9.80. The summed E-state index contributed by atoms with van der Waals surface area (Å²) >= 11 is 0.965. The van der Waals surface area contributed by atoms with Crippen LogP contribution in [0.1, 0.15) is 27.9 Å². The minimum atomic E-state index is -4.46. The molecule has 1 fully saturated rings. The van der Waals surface area contributed by atoms with Crippen LogP contribution in [0.3, 0.4) is 0 Å². The lowest BCUT2D eigenvalue weighted by atomic mass is 10.0. The molecule has 3 N–H and O–H groups in total. The Balaban J connectivity index is 1.33. The van der Waals surface area contributed by atoms with E-state index in [1.165, 1.54) is 21.8 Å². The molecule has 1 saturated heterocycles. The number of thioether (sulfide) groups is 1. The second-order valence-electron chi connectivity index (χ2n) is 8.65. The maximum Gasteiger partial charge on any atom is 0.416 e. The number of aryl methyl sites for hydroxylation is 1. The number of alkyl halides is 3. The maximum absolute atomic E-state index is 13.5. The predicted molar refractivity (Wildman–Crippen MR) is 129 cm³/mol.